The summed E-state index contributed by atoms with van der Waals surface area (Å²) < 4.78 is 41.4. The van der Waals surface area contributed by atoms with Crippen molar-refractivity contribution in [2.75, 3.05) is 4.72 Å². The molecule has 0 aliphatic carbocycles. The summed E-state index contributed by atoms with van der Waals surface area (Å²) in [5, 5.41) is 3.90. The number of rotatable bonds is 4. The molecule has 0 atom stereocenters. The largest absolute Gasteiger partial charge is 0.326 e. The van der Waals surface area contributed by atoms with Crippen LogP contribution in [0, 0.1) is 5.82 Å². The number of nitrogens with zero attached hydrogens (tertiary/aromatic N) is 2. The van der Waals surface area contributed by atoms with E-state index in [2.05, 4.69) is 9.82 Å². The Bertz CT molecular complexity index is 696. The summed E-state index contributed by atoms with van der Waals surface area (Å²) in [6.07, 6.45) is 1.46. The van der Waals surface area contributed by atoms with E-state index in [1.807, 2.05) is 0 Å². The molecule has 1 aromatic heterocycles. The first-order valence-corrected chi connectivity index (χ1v) is 6.92. The summed E-state index contributed by atoms with van der Waals surface area (Å²) in [6, 6.07) is 5.15. The fourth-order valence-electron chi connectivity index (χ4n) is 1.61. The number of nitrogens with two attached hydrogens (primary N) is 1. The Balaban J connectivity index is 2.43. The number of nitrogens with one attached hydrogen (secondary N) is 1. The third-order valence-corrected chi connectivity index (χ3v) is 3.96. The van der Waals surface area contributed by atoms with Gasteiger partial charge >= 0.3 is 0 Å². The van der Waals surface area contributed by atoms with Gasteiger partial charge in [0.05, 0.1) is 6.20 Å². The number of aromatic nitrogens is 2. The maximum Gasteiger partial charge on any atom is 0.265 e. The van der Waals surface area contributed by atoms with Crippen molar-refractivity contribution in [1.82, 2.24) is 9.78 Å². The quantitative estimate of drug-likeness (QED) is 0.869. The monoisotopic (exact) mass is 284 g/mol. The van der Waals surface area contributed by atoms with E-state index in [-0.39, 0.29) is 12.4 Å². The molecule has 0 spiro atoms. The van der Waals surface area contributed by atoms with E-state index in [9.17, 15) is 12.8 Å². The lowest BCUT2D eigenvalue weighted by atomic mass is 10.3. The third kappa shape index (κ3) is 2.59. The number of hydrogen-bond acceptors (Lipinski definition) is 4. The van der Waals surface area contributed by atoms with Gasteiger partial charge in [-0.2, -0.15) is 5.10 Å². The molecule has 0 aliphatic heterocycles. The molecule has 0 aliphatic rings. The van der Waals surface area contributed by atoms with Crippen molar-refractivity contribution in [3.63, 3.8) is 0 Å². The lowest BCUT2D eigenvalue weighted by Gasteiger charge is -2.10. The summed E-state index contributed by atoms with van der Waals surface area (Å²) in [5.74, 6) is -0.586. The summed E-state index contributed by atoms with van der Waals surface area (Å²) in [7, 11) is -2.44. The van der Waals surface area contributed by atoms with Crippen molar-refractivity contribution < 1.29 is 12.8 Å². The smallest absolute Gasteiger partial charge is 0.265 e. The number of aryl methyl sites for hydroxylation is 1. The van der Waals surface area contributed by atoms with E-state index in [0.717, 1.165) is 6.07 Å². The van der Waals surface area contributed by atoms with Crippen LogP contribution < -0.4 is 10.5 Å². The first-order chi connectivity index (χ1) is 8.95. The fourth-order valence-corrected chi connectivity index (χ4v) is 2.82. The van der Waals surface area contributed by atoms with Gasteiger partial charge in [0.25, 0.3) is 10.0 Å². The first kappa shape index (κ1) is 13.5. The summed E-state index contributed by atoms with van der Waals surface area (Å²) >= 11 is 0. The van der Waals surface area contributed by atoms with Gasteiger partial charge in [0.2, 0.25) is 0 Å². The molecule has 0 saturated heterocycles. The zero-order valence-electron chi connectivity index (χ0n) is 10.2. The van der Waals surface area contributed by atoms with E-state index in [1.54, 1.807) is 7.05 Å². The Morgan fingerprint density at radius 1 is 1.42 bits per heavy atom. The van der Waals surface area contributed by atoms with Crippen LogP contribution in [0.25, 0.3) is 0 Å². The molecule has 1 heterocycles. The van der Waals surface area contributed by atoms with Gasteiger partial charge in [-0.05, 0) is 12.1 Å². The summed E-state index contributed by atoms with van der Waals surface area (Å²) in [5.41, 5.74) is 6.02. The Kier molecular flexibility index (Phi) is 3.54. The molecule has 0 bridgehead atoms. The van der Waals surface area contributed by atoms with Crippen molar-refractivity contribution >= 4 is 15.8 Å². The fraction of sp³-hybridized carbons (Fsp3) is 0.182. The molecule has 2 rings (SSSR count). The van der Waals surface area contributed by atoms with Gasteiger partial charge in [0.15, 0.2) is 0 Å². The third-order valence-electron chi connectivity index (χ3n) is 2.59. The standard InChI is InChI=1S/C11H13FN4O2S/c1-16-11(8(6-13)7-14-16)15-19(17,18)10-5-3-2-4-9(10)12/h2-5,7,15H,6,13H2,1H3. The van der Waals surface area contributed by atoms with Crippen molar-refractivity contribution in [2.24, 2.45) is 12.8 Å². The first-order valence-electron chi connectivity index (χ1n) is 5.44. The van der Waals surface area contributed by atoms with Crippen LogP contribution in [0.3, 0.4) is 0 Å². The molecule has 0 fully saturated rings. The van der Waals surface area contributed by atoms with Crippen LogP contribution in [0.2, 0.25) is 0 Å². The zero-order chi connectivity index (χ0) is 14.0. The maximum atomic E-state index is 13.5. The summed E-state index contributed by atoms with van der Waals surface area (Å²) in [4.78, 5) is -0.417. The van der Waals surface area contributed by atoms with Crippen LogP contribution in [0.15, 0.2) is 35.4 Å². The molecule has 102 valence electrons. The van der Waals surface area contributed by atoms with E-state index in [0.29, 0.717) is 5.56 Å². The van der Waals surface area contributed by atoms with E-state index >= 15 is 0 Å². The highest BCUT2D eigenvalue weighted by Crippen LogP contribution is 2.20. The lowest BCUT2D eigenvalue weighted by molar-refractivity contribution is 0.570. The molecule has 1 aromatic carbocycles. The minimum Gasteiger partial charge on any atom is -0.326 e. The average molecular weight is 284 g/mol. The molecule has 0 amide bonds. The van der Waals surface area contributed by atoms with Gasteiger partial charge in [-0.25, -0.2) is 12.8 Å². The van der Waals surface area contributed by atoms with Crippen LogP contribution in [0.1, 0.15) is 5.56 Å². The number of halogens is 1. The molecule has 0 radical (unpaired) electrons. The molecule has 3 N–H and O–H groups in total. The van der Waals surface area contributed by atoms with Crippen LogP contribution in [-0.4, -0.2) is 18.2 Å². The minimum absolute atomic E-state index is 0.128. The van der Waals surface area contributed by atoms with Gasteiger partial charge in [-0.15, -0.1) is 0 Å². The predicted octanol–water partition coefficient (Wildman–Crippen LogP) is 0.819. The second-order valence-electron chi connectivity index (χ2n) is 3.88. The van der Waals surface area contributed by atoms with Crippen LogP contribution in [-0.2, 0) is 23.6 Å². The normalized spacial score (nSPS) is 11.5. The summed E-state index contributed by atoms with van der Waals surface area (Å²) in [6.45, 7) is 0.128. The number of anilines is 1. The Morgan fingerprint density at radius 3 is 2.74 bits per heavy atom. The molecule has 8 heteroatoms. The number of benzene rings is 1. The van der Waals surface area contributed by atoms with E-state index in [4.69, 9.17) is 5.73 Å². The van der Waals surface area contributed by atoms with Crippen LogP contribution in [0.5, 0.6) is 0 Å². The molecule has 0 unspecified atom stereocenters. The number of sulfonamides is 1. The minimum atomic E-state index is -4.01. The van der Waals surface area contributed by atoms with Crippen molar-refractivity contribution in [2.45, 2.75) is 11.4 Å². The van der Waals surface area contributed by atoms with Crippen molar-refractivity contribution in [3.05, 3.63) is 41.8 Å². The molecule has 2 aromatic rings. The second-order valence-corrected chi connectivity index (χ2v) is 5.53. The molecular formula is C11H13FN4O2S. The highest BCUT2D eigenvalue weighted by Gasteiger charge is 2.21. The van der Waals surface area contributed by atoms with E-state index in [1.165, 1.54) is 29.1 Å². The predicted molar refractivity (Wildman–Crippen MR) is 68.3 cm³/mol. The van der Waals surface area contributed by atoms with Gasteiger partial charge in [-0.3, -0.25) is 9.40 Å². The maximum absolute atomic E-state index is 13.5. The Labute approximate surface area is 110 Å². The molecule has 0 saturated carbocycles. The zero-order valence-corrected chi connectivity index (χ0v) is 11.0. The SMILES string of the molecule is Cn1ncc(CN)c1NS(=O)(=O)c1ccccc1F. The highest BCUT2D eigenvalue weighted by atomic mass is 32.2. The molecular weight excluding hydrogens is 271 g/mol. The van der Waals surface area contributed by atoms with Gasteiger partial charge < -0.3 is 5.73 Å². The van der Waals surface area contributed by atoms with Crippen molar-refractivity contribution in [1.29, 1.82) is 0 Å². The Morgan fingerprint density at radius 2 is 2.11 bits per heavy atom. The average Bonchev–Trinajstić information content (AvgIpc) is 2.70. The highest BCUT2D eigenvalue weighted by molar-refractivity contribution is 7.92. The molecule has 6 nitrogen and oxygen atoms in total. The number of hydrogen-bond donors (Lipinski definition) is 2. The van der Waals surface area contributed by atoms with E-state index < -0.39 is 20.7 Å². The van der Waals surface area contributed by atoms with Crippen molar-refractivity contribution in [3.8, 4) is 0 Å². The molecule has 19 heavy (non-hydrogen) atoms. The lowest BCUT2D eigenvalue weighted by Crippen LogP contribution is -2.18. The van der Waals surface area contributed by atoms with Gasteiger partial charge in [0, 0.05) is 19.2 Å². The van der Waals surface area contributed by atoms with Crippen LogP contribution in [0.4, 0.5) is 10.2 Å². The topological polar surface area (TPSA) is 90.0 Å². The van der Waals surface area contributed by atoms with Gasteiger partial charge in [0.1, 0.15) is 16.5 Å². The Hall–Kier alpha value is -1.93. The second kappa shape index (κ2) is 4.98. The van der Waals surface area contributed by atoms with Crippen LogP contribution >= 0.6 is 0 Å². The van der Waals surface area contributed by atoms with Gasteiger partial charge in [-0.1, -0.05) is 12.1 Å².